The molecule has 98 valence electrons. The van der Waals surface area contributed by atoms with Crippen LogP contribution in [0.3, 0.4) is 0 Å². The van der Waals surface area contributed by atoms with E-state index in [4.69, 9.17) is 5.11 Å². The SMILES string of the molecule is CCc1ccc(-c2ncc(CC(=O)O)c(=O)[nH]2)cc1. The average molecular weight is 258 g/mol. The van der Waals surface area contributed by atoms with Gasteiger partial charge in [-0.15, -0.1) is 0 Å². The number of hydrogen-bond acceptors (Lipinski definition) is 3. The smallest absolute Gasteiger partial charge is 0.308 e. The minimum Gasteiger partial charge on any atom is -0.481 e. The number of carboxylic acids is 1. The number of carboxylic acid groups (broad SMARTS) is 1. The summed E-state index contributed by atoms with van der Waals surface area (Å²) in [6.45, 7) is 2.07. The second-order valence-electron chi connectivity index (χ2n) is 4.21. The van der Waals surface area contributed by atoms with Crippen molar-refractivity contribution >= 4 is 5.97 Å². The summed E-state index contributed by atoms with van der Waals surface area (Å²) in [6.07, 6.45) is 1.94. The standard InChI is InChI=1S/C14H14N2O3/c1-2-9-3-5-10(6-4-9)13-15-8-11(7-12(17)18)14(19)16-13/h3-6,8H,2,7H2,1H3,(H,17,18)(H,15,16,19). The van der Waals surface area contributed by atoms with Crippen molar-refractivity contribution in [1.29, 1.82) is 0 Å². The normalized spacial score (nSPS) is 10.4. The van der Waals surface area contributed by atoms with Gasteiger partial charge in [-0.25, -0.2) is 4.98 Å². The van der Waals surface area contributed by atoms with Crippen LogP contribution in [0.15, 0.2) is 35.3 Å². The Morgan fingerprint density at radius 1 is 1.32 bits per heavy atom. The van der Waals surface area contributed by atoms with E-state index >= 15 is 0 Å². The summed E-state index contributed by atoms with van der Waals surface area (Å²) in [6, 6.07) is 7.71. The zero-order valence-corrected chi connectivity index (χ0v) is 10.5. The fourth-order valence-corrected chi connectivity index (χ4v) is 1.76. The summed E-state index contributed by atoms with van der Waals surface area (Å²) in [5, 5.41) is 8.65. The molecule has 5 heteroatoms. The van der Waals surface area contributed by atoms with Crippen molar-refractivity contribution < 1.29 is 9.90 Å². The molecule has 0 bridgehead atoms. The van der Waals surface area contributed by atoms with Gasteiger partial charge in [0.15, 0.2) is 0 Å². The van der Waals surface area contributed by atoms with Crippen LogP contribution in [0.4, 0.5) is 0 Å². The van der Waals surface area contributed by atoms with Gasteiger partial charge in [-0.2, -0.15) is 0 Å². The molecule has 2 N–H and O–H groups in total. The molecule has 1 aromatic carbocycles. The van der Waals surface area contributed by atoms with Crippen molar-refractivity contribution in [1.82, 2.24) is 9.97 Å². The Morgan fingerprint density at radius 3 is 2.53 bits per heavy atom. The zero-order valence-electron chi connectivity index (χ0n) is 10.5. The fourth-order valence-electron chi connectivity index (χ4n) is 1.76. The van der Waals surface area contributed by atoms with E-state index in [9.17, 15) is 9.59 Å². The lowest BCUT2D eigenvalue weighted by Crippen LogP contribution is -2.17. The van der Waals surface area contributed by atoms with Crippen molar-refractivity contribution in [2.24, 2.45) is 0 Å². The summed E-state index contributed by atoms with van der Waals surface area (Å²) >= 11 is 0. The number of aryl methyl sites for hydroxylation is 1. The molecule has 0 aliphatic heterocycles. The highest BCUT2D eigenvalue weighted by Gasteiger charge is 2.08. The quantitative estimate of drug-likeness (QED) is 0.873. The van der Waals surface area contributed by atoms with Gasteiger partial charge in [0.05, 0.1) is 6.42 Å². The minimum absolute atomic E-state index is 0.154. The van der Waals surface area contributed by atoms with Gasteiger partial charge in [0.2, 0.25) is 0 Å². The van der Waals surface area contributed by atoms with E-state index in [0.717, 1.165) is 12.0 Å². The zero-order chi connectivity index (χ0) is 13.8. The maximum atomic E-state index is 11.7. The highest BCUT2D eigenvalue weighted by molar-refractivity contribution is 5.70. The number of benzene rings is 1. The fraction of sp³-hybridized carbons (Fsp3) is 0.214. The van der Waals surface area contributed by atoms with Gasteiger partial charge < -0.3 is 10.1 Å². The van der Waals surface area contributed by atoms with Crippen molar-refractivity contribution in [3.8, 4) is 11.4 Å². The molecule has 2 aromatic rings. The van der Waals surface area contributed by atoms with Crippen molar-refractivity contribution in [3.63, 3.8) is 0 Å². The lowest BCUT2D eigenvalue weighted by atomic mass is 10.1. The topological polar surface area (TPSA) is 83.0 Å². The largest absolute Gasteiger partial charge is 0.481 e. The predicted molar refractivity (Wildman–Crippen MR) is 71.0 cm³/mol. The molecule has 0 unspecified atom stereocenters. The molecule has 0 amide bonds. The molecular weight excluding hydrogens is 244 g/mol. The lowest BCUT2D eigenvalue weighted by molar-refractivity contribution is -0.136. The van der Waals surface area contributed by atoms with Crippen LogP contribution >= 0.6 is 0 Å². The molecule has 0 saturated carbocycles. The third-order valence-electron chi connectivity index (χ3n) is 2.85. The van der Waals surface area contributed by atoms with Crippen molar-refractivity contribution in [2.45, 2.75) is 19.8 Å². The molecule has 0 fully saturated rings. The van der Waals surface area contributed by atoms with E-state index in [1.807, 2.05) is 24.3 Å². The molecule has 1 heterocycles. The van der Waals surface area contributed by atoms with Crippen LogP contribution in [-0.4, -0.2) is 21.0 Å². The van der Waals surface area contributed by atoms with Gasteiger partial charge in [-0.1, -0.05) is 31.2 Å². The molecule has 0 aliphatic rings. The Kier molecular flexibility index (Phi) is 3.75. The second kappa shape index (κ2) is 5.48. The van der Waals surface area contributed by atoms with Crippen molar-refractivity contribution in [2.75, 3.05) is 0 Å². The Labute approximate surface area is 110 Å². The van der Waals surface area contributed by atoms with E-state index in [0.29, 0.717) is 5.82 Å². The van der Waals surface area contributed by atoms with Crippen LogP contribution in [-0.2, 0) is 17.6 Å². The molecular formula is C14H14N2O3. The molecule has 2 rings (SSSR count). The molecule has 0 spiro atoms. The highest BCUT2D eigenvalue weighted by Crippen LogP contribution is 2.14. The molecule has 0 radical (unpaired) electrons. The monoisotopic (exact) mass is 258 g/mol. The number of aliphatic carboxylic acids is 1. The number of nitrogens with one attached hydrogen (secondary N) is 1. The van der Waals surface area contributed by atoms with Crippen LogP contribution in [0.25, 0.3) is 11.4 Å². The Bertz CT molecular complexity index is 644. The molecule has 19 heavy (non-hydrogen) atoms. The average Bonchev–Trinajstić information content (AvgIpc) is 2.41. The van der Waals surface area contributed by atoms with Gasteiger partial charge in [0.1, 0.15) is 5.82 Å². The van der Waals surface area contributed by atoms with E-state index < -0.39 is 11.5 Å². The number of nitrogens with zero attached hydrogens (tertiary/aromatic N) is 1. The molecule has 5 nitrogen and oxygen atoms in total. The highest BCUT2D eigenvalue weighted by atomic mass is 16.4. The third kappa shape index (κ3) is 3.07. The number of aromatic nitrogens is 2. The van der Waals surface area contributed by atoms with Gasteiger partial charge in [0, 0.05) is 17.3 Å². The van der Waals surface area contributed by atoms with E-state index in [2.05, 4.69) is 16.9 Å². The van der Waals surface area contributed by atoms with Gasteiger partial charge >= 0.3 is 5.97 Å². The first kappa shape index (κ1) is 13.0. The summed E-state index contributed by atoms with van der Waals surface area (Å²) in [7, 11) is 0. The first-order valence-corrected chi connectivity index (χ1v) is 5.99. The van der Waals surface area contributed by atoms with E-state index in [1.165, 1.54) is 11.8 Å². The number of aromatic amines is 1. The minimum atomic E-state index is -1.05. The number of rotatable bonds is 4. The summed E-state index contributed by atoms with van der Waals surface area (Å²) in [5.74, 6) is -0.603. The number of H-pyrrole nitrogens is 1. The van der Waals surface area contributed by atoms with Gasteiger partial charge in [-0.05, 0) is 12.0 Å². The Hall–Kier alpha value is -2.43. The summed E-state index contributed by atoms with van der Waals surface area (Å²) in [4.78, 5) is 29.0. The first-order valence-electron chi connectivity index (χ1n) is 5.99. The molecule has 0 atom stereocenters. The van der Waals surface area contributed by atoms with Gasteiger partial charge in [-0.3, -0.25) is 9.59 Å². The van der Waals surface area contributed by atoms with E-state index in [1.54, 1.807) is 0 Å². The third-order valence-corrected chi connectivity index (χ3v) is 2.85. The van der Waals surface area contributed by atoms with Gasteiger partial charge in [0.25, 0.3) is 5.56 Å². The Morgan fingerprint density at radius 2 is 2.00 bits per heavy atom. The van der Waals surface area contributed by atoms with Crippen LogP contribution in [0.5, 0.6) is 0 Å². The maximum absolute atomic E-state index is 11.7. The second-order valence-corrected chi connectivity index (χ2v) is 4.21. The molecule has 1 aromatic heterocycles. The number of hydrogen-bond donors (Lipinski definition) is 2. The van der Waals surface area contributed by atoms with Crippen LogP contribution in [0, 0.1) is 0 Å². The Balaban J connectivity index is 2.33. The van der Waals surface area contributed by atoms with Crippen LogP contribution < -0.4 is 5.56 Å². The van der Waals surface area contributed by atoms with Crippen LogP contribution in [0.1, 0.15) is 18.1 Å². The molecule has 0 aliphatic carbocycles. The maximum Gasteiger partial charge on any atom is 0.308 e. The van der Waals surface area contributed by atoms with E-state index in [-0.39, 0.29) is 12.0 Å². The summed E-state index contributed by atoms with van der Waals surface area (Å²) in [5.41, 5.74) is 1.75. The first-order chi connectivity index (χ1) is 9.10. The predicted octanol–water partition coefficient (Wildman–Crippen LogP) is 1.63. The van der Waals surface area contributed by atoms with Crippen molar-refractivity contribution in [3.05, 3.63) is 51.9 Å². The van der Waals surface area contributed by atoms with Crippen LogP contribution in [0.2, 0.25) is 0 Å². The number of carbonyl (C=O) groups is 1. The summed E-state index contributed by atoms with van der Waals surface area (Å²) < 4.78 is 0. The lowest BCUT2D eigenvalue weighted by Gasteiger charge is -2.03. The molecule has 0 saturated heterocycles.